The molecule has 1 saturated heterocycles. The number of hydrogen-bond donors (Lipinski definition) is 3. The second-order valence-corrected chi connectivity index (χ2v) is 6.93. The maximum atomic E-state index is 12.4. The third-order valence-corrected chi connectivity index (χ3v) is 5.14. The van der Waals surface area contributed by atoms with Crippen LogP contribution in [0.4, 0.5) is 5.82 Å². The smallest absolute Gasteiger partial charge is 0.252 e. The molecule has 2 fully saturated rings. The fourth-order valence-electron chi connectivity index (χ4n) is 3.92. The fraction of sp³-hybridized carbons (Fsp3) is 0.706. The van der Waals surface area contributed by atoms with Gasteiger partial charge in [-0.3, -0.25) is 14.5 Å². The number of carbonyl (C=O) groups is 1. The lowest BCUT2D eigenvalue weighted by Crippen LogP contribution is -2.46. The lowest BCUT2D eigenvalue weighted by Gasteiger charge is -2.36. The molecule has 7 heteroatoms. The number of nitrogens with two attached hydrogens (primary N) is 1. The molecule has 1 aromatic rings. The fourth-order valence-corrected chi connectivity index (χ4v) is 3.92. The molecule has 1 amide bonds. The van der Waals surface area contributed by atoms with E-state index in [2.05, 4.69) is 20.2 Å². The number of nitrogens with one attached hydrogen (secondary N) is 2. The summed E-state index contributed by atoms with van der Waals surface area (Å²) in [5.74, 6) is 0.909. The van der Waals surface area contributed by atoms with E-state index in [9.17, 15) is 9.59 Å². The molecule has 24 heavy (non-hydrogen) atoms. The Bertz CT molecular complexity index is 624. The van der Waals surface area contributed by atoms with Gasteiger partial charge >= 0.3 is 0 Å². The molecule has 132 valence electrons. The van der Waals surface area contributed by atoms with Gasteiger partial charge in [-0.15, -0.1) is 0 Å². The first kappa shape index (κ1) is 17.0. The summed E-state index contributed by atoms with van der Waals surface area (Å²) in [6.45, 7) is 2.47. The molecule has 0 bridgehead atoms. The number of aromatic nitrogens is 2. The number of nitrogen functional groups attached to an aromatic ring is 1. The van der Waals surface area contributed by atoms with Crippen molar-refractivity contribution in [3.05, 3.63) is 22.2 Å². The number of carbonyl (C=O) groups excluding carboxylic acids is 1. The summed E-state index contributed by atoms with van der Waals surface area (Å²) >= 11 is 0. The summed E-state index contributed by atoms with van der Waals surface area (Å²) in [7, 11) is 0. The van der Waals surface area contributed by atoms with Crippen molar-refractivity contribution in [2.75, 3.05) is 25.4 Å². The number of amides is 1. The van der Waals surface area contributed by atoms with Gasteiger partial charge in [0, 0.05) is 31.6 Å². The van der Waals surface area contributed by atoms with Crippen LogP contribution in [-0.2, 0) is 11.2 Å². The van der Waals surface area contributed by atoms with Crippen molar-refractivity contribution < 1.29 is 4.79 Å². The number of H-pyrrole nitrogens is 1. The second kappa shape index (κ2) is 7.79. The normalized spacial score (nSPS) is 22.6. The van der Waals surface area contributed by atoms with Crippen molar-refractivity contribution in [1.29, 1.82) is 0 Å². The van der Waals surface area contributed by atoms with Gasteiger partial charge < -0.3 is 16.0 Å². The molecule has 1 aliphatic heterocycles. The molecule has 4 N–H and O–H groups in total. The first-order valence-electron chi connectivity index (χ1n) is 8.99. The summed E-state index contributed by atoms with van der Waals surface area (Å²) in [5.41, 5.74) is 5.30. The minimum Gasteiger partial charge on any atom is -0.383 e. The molecule has 0 radical (unpaired) electrons. The summed E-state index contributed by atoms with van der Waals surface area (Å²) < 4.78 is 0. The molecule has 7 nitrogen and oxygen atoms in total. The van der Waals surface area contributed by atoms with Gasteiger partial charge in [-0.1, -0.05) is 12.8 Å². The Hall–Kier alpha value is -1.89. The highest BCUT2D eigenvalue weighted by Gasteiger charge is 2.30. The number of piperidine rings is 1. The molecule has 0 unspecified atom stereocenters. The van der Waals surface area contributed by atoms with Crippen LogP contribution in [-0.4, -0.2) is 46.5 Å². The Balaban J connectivity index is 1.46. The number of rotatable bonds is 5. The molecule has 1 aromatic heterocycles. The van der Waals surface area contributed by atoms with Crippen LogP contribution >= 0.6 is 0 Å². The number of anilines is 1. The number of aromatic amines is 1. The van der Waals surface area contributed by atoms with Gasteiger partial charge in [0.2, 0.25) is 5.91 Å². The highest BCUT2D eigenvalue weighted by molar-refractivity contribution is 5.78. The highest BCUT2D eigenvalue weighted by Crippen LogP contribution is 2.27. The Morgan fingerprint density at radius 1 is 1.33 bits per heavy atom. The maximum Gasteiger partial charge on any atom is 0.252 e. The first-order valence-corrected chi connectivity index (χ1v) is 8.99. The van der Waals surface area contributed by atoms with Crippen molar-refractivity contribution in [2.24, 2.45) is 5.92 Å². The van der Waals surface area contributed by atoms with E-state index in [0.29, 0.717) is 24.8 Å². The third-order valence-electron chi connectivity index (χ3n) is 5.14. The summed E-state index contributed by atoms with van der Waals surface area (Å²) in [6, 6.07) is 1.93. The number of hydrogen-bond acceptors (Lipinski definition) is 5. The van der Waals surface area contributed by atoms with Gasteiger partial charge in [0.1, 0.15) is 11.6 Å². The van der Waals surface area contributed by atoms with Crippen LogP contribution in [0.5, 0.6) is 0 Å². The minimum absolute atomic E-state index is 0.0761. The Morgan fingerprint density at radius 3 is 2.88 bits per heavy atom. The zero-order valence-electron chi connectivity index (χ0n) is 14.1. The van der Waals surface area contributed by atoms with Crippen molar-refractivity contribution >= 4 is 11.7 Å². The Morgan fingerprint density at radius 2 is 2.12 bits per heavy atom. The SMILES string of the molecule is Nc1cc(=O)[nH]c(CCNC(=O)[C@@H]2CCCN(C3CCCC3)C2)n1. The van der Waals surface area contributed by atoms with Crippen molar-refractivity contribution in [2.45, 2.75) is 51.0 Å². The first-order chi connectivity index (χ1) is 11.6. The summed E-state index contributed by atoms with van der Waals surface area (Å²) in [6.07, 6.45) is 7.74. The van der Waals surface area contributed by atoms with Crippen LogP contribution < -0.4 is 16.6 Å². The van der Waals surface area contributed by atoms with Gasteiger partial charge in [0.15, 0.2) is 0 Å². The number of likely N-dealkylation sites (tertiary alicyclic amines) is 1. The average Bonchev–Trinajstić information content (AvgIpc) is 3.08. The molecule has 2 aliphatic rings. The van der Waals surface area contributed by atoms with E-state index < -0.39 is 0 Å². The standard InChI is InChI=1S/C17H27N5O2/c18-14-10-16(23)21-15(20-14)7-8-19-17(24)12-4-3-9-22(11-12)13-5-1-2-6-13/h10,12-13H,1-9,11H2,(H,19,24)(H3,18,20,21,23)/t12-/m1/s1. The molecular weight excluding hydrogens is 306 g/mol. The molecule has 1 atom stereocenters. The van der Waals surface area contributed by atoms with E-state index in [0.717, 1.165) is 25.9 Å². The lowest BCUT2D eigenvalue weighted by molar-refractivity contribution is -0.127. The molecular formula is C17H27N5O2. The molecule has 1 saturated carbocycles. The van der Waals surface area contributed by atoms with Crippen LogP contribution in [0.25, 0.3) is 0 Å². The quantitative estimate of drug-likeness (QED) is 0.734. The van der Waals surface area contributed by atoms with E-state index in [1.54, 1.807) is 0 Å². The average molecular weight is 333 g/mol. The van der Waals surface area contributed by atoms with Gasteiger partial charge in [-0.25, -0.2) is 4.98 Å². The predicted octanol–water partition coefficient (Wildman–Crippen LogP) is 0.665. The Labute approximate surface area is 142 Å². The molecule has 0 spiro atoms. The topological polar surface area (TPSA) is 104 Å². The predicted molar refractivity (Wildman–Crippen MR) is 92.5 cm³/mol. The maximum absolute atomic E-state index is 12.4. The molecule has 0 aromatic carbocycles. The van der Waals surface area contributed by atoms with Gasteiger partial charge in [-0.2, -0.15) is 0 Å². The summed E-state index contributed by atoms with van der Waals surface area (Å²) in [4.78, 5) is 33.0. The van der Waals surface area contributed by atoms with Crippen LogP contribution in [0.2, 0.25) is 0 Å². The highest BCUT2D eigenvalue weighted by atomic mass is 16.2. The van der Waals surface area contributed by atoms with E-state index in [1.807, 2.05) is 0 Å². The van der Waals surface area contributed by atoms with Crippen LogP contribution in [0.15, 0.2) is 10.9 Å². The third kappa shape index (κ3) is 4.35. The van der Waals surface area contributed by atoms with E-state index in [1.165, 1.54) is 31.7 Å². The van der Waals surface area contributed by atoms with Gasteiger partial charge in [-0.05, 0) is 32.2 Å². The van der Waals surface area contributed by atoms with Crippen LogP contribution in [0, 0.1) is 5.92 Å². The second-order valence-electron chi connectivity index (χ2n) is 6.93. The van der Waals surface area contributed by atoms with E-state index in [-0.39, 0.29) is 23.2 Å². The summed E-state index contributed by atoms with van der Waals surface area (Å²) in [5, 5.41) is 2.98. The zero-order chi connectivity index (χ0) is 16.9. The number of nitrogens with zero attached hydrogens (tertiary/aromatic N) is 2. The van der Waals surface area contributed by atoms with Crippen LogP contribution in [0.3, 0.4) is 0 Å². The van der Waals surface area contributed by atoms with Gasteiger partial charge in [0.25, 0.3) is 5.56 Å². The van der Waals surface area contributed by atoms with Crippen molar-refractivity contribution in [3.8, 4) is 0 Å². The Kier molecular flexibility index (Phi) is 5.50. The van der Waals surface area contributed by atoms with E-state index in [4.69, 9.17) is 5.73 Å². The molecule has 1 aliphatic carbocycles. The van der Waals surface area contributed by atoms with Gasteiger partial charge in [0.05, 0.1) is 5.92 Å². The van der Waals surface area contributed by atoms with Crippen molar-refractivity contribution in [1.82, 2.24) is 20.2 Å². The van der Waals surface area contributed by atoms with Crippen LogP contribution in [0.1, 0.15) is 44.3 Å². The minimum atomic E-state index is -0.261. The molecule has 2 heterocycles. The zero-order valence-corrected chi connectivity index (χ0v) is 14.1. The largest absolute Gasteiger partial charge is 0.383 e. The lowest BCUT2D eigenvalue weighted by atomic mass is 9.95. The van der Waals surface area contributed by atoms with Crippen molar-refractivity contribution in [3.63, 3.8) is 0 Å². The monoisotopic (exact) mass is 333 g/mol. The van der Waals surface area contributed by atoms with E-state index >= 15 is 0 Å². The molecule has 3 rings (SSSR count).